The van der Waals surface area contributed by atoms with E-state index in [1.807, 2.05) is 29.2 Å². The molecule has 1 fully saturated rings. The molecule has 0 atom stereocenters. The molecule has 0 aromatic heterocycles. The molecule has 5 heteroatoms. The standard InChI is InChI=1S/C14H20N2O3/c1-18-11-12-3-2-4-13(9-12)15-10-14(17)16-5-7-19-8-6-16/h2-4,9,15H,5-8,10-11H2,1H3. The summed E-state index contributed by atoms with van der Waals surface area (Å²) in [6.07, 6.45) is 0. The highest BCUT2D eigenvalue weighted by molar-refractivity contribution is 5.81. The zero-order valence-corrected chi connectivity index (χ0v) is 11.2. The largest absolute Gasteiger partial charge is 0.380 e. The summed E-state index contributed by atoms with van der Waals surface area (Å²) < 4.78 is 10.3. The van der Waals surface area contributed by atoms with Crippen molar-refractivity contribution < 1.29 is 14.3 Å². The van der Waals surface area contributed by atoms with E-state index in [0.717, 1.165) is 11.3 Å². The van der Waals surface area contributed by atoms with Crippen LogP contribution in [0.2, 0.25) is 0 Å². The predicted octanol–water partition coefficient (Wildman–Crippen LogP) is 1.10. The highest BCUT2D eigenvalue weighted by Crippen LogP contribution is 2.11. The SMILES string of the molecule is COCc1cccc(NCC(=O)N2CCOCC2)c1. The number of amides is 1. The molecule has 0 aliphatic carbocycles. The number of rotatable bonds is 5. The first-order valence-electron chi connectivity index (χ1n) is 6.47. The summed E-state index contributed by atoms with van der Waals surface area (Å²) in [5.41, 5.74) is 2.03. The van der Waals surface area contributed by atoms with E-state index in [-0.39, 0.29) is 5.91 Å². The molecular weight excluding hydrogens is 244 g/mol. The maximum Gasteiger partial charge on any atom is 0.242 e. The zero-order valence-electron chi connectivity index (χ0n) is 11.2. The molecule has 2 rings (SSSR count). The molecule has 1 aromatic rings. The molecule has 104 valence electrons. The lowest BCUT2D eigenvalue weighted by Crippen LogP contribution is -2.43. The third-order valence-corrected chi connectivity index (χ3v) is 3.05. The highest BCUT2D eigenvalue weighted by Gasteiger charge is 2.16. The summed E-state index contributed by atoms with van der Waals surface area (Å²) in [4.78, 5) is 13.8. The Morgan fingerprint density at radius 3 is 2.95 bits per heavy atom. The van der Waals surface area contributed by atoms with Crippen LogP contribution in [-0.4, -0.2) is 50.8 Å². The molecule has 0 spiro atoms. The van der Waals surface area contributed by atoms with Gasteiger partial charge in [0.2, 0.25) is 5.91 Å². The molecule has 1 amide bonds. The van der Waals surface area contributed by atoms with Crippen molar-refractivity contribution in [3.8, 4) is 0 Å². The van der Waals surface area contributed by atoms with Crippen LogP contribution < -0.4 is 5.32 Å². The Balaban J connectivity index is 1.83. The number of nitrogens with one attached hydrogen (secondary N) is 1. The molecule has 0 unspecified atom stereocenters. The zero-order chi connectivity index (χ0) is 13.5. The van der Waals surface area contributed by atoms with E-state index in [2.05, 4.69) is 5.32 Å². The molecule has 1 aliphatic rings. The van der Waals surface area contributed by atoms with Crippen molar-refractivity contribution in [1.82, 2.24) is 4.90 Å². The number of hydrogen-bond donors (Lipinski definition) is 1. The second-order valence-electron chi connectivity index (χ2n) is 4.48. The van der Waals surface area contributed by atoms with Crippen LogP contribution in [-0.2, 0) is 20.9 Å². The fourth-order valence-electron chi connectivity index (χ4n) is 2.04. The Hall–Kier alpha value is -1.59. The molecule has 1 aromatic carbocycles. The van der Waals surface area contributed by atoms with Gasteiger partial charge in [-0.15, -0.1) is 0 Å². The fraction of sp³-hybridized carbons (Fsp3) is 0.500. The minimum atomic E-state index is 0.112. The van der Waals surface area contributed by atoms with Crippen molar-refractivity contribution in [1.29, 1.82) is 0 Å². The summed E-state index contributed by atoms with van der Waals surface area (Å²) in [6.45, 7) is 3.53. The number of benzene rings is 1. The topological polar surface area (TPSA) is 50.8 Å². The summed E-state index contributed by atoms with van der Waals surface area (Å²) in [7, 11) is 1.67. The number of carbonyl (C=O) groups excluding carboxylic acids is 1. The van der Waals surface area contributed by atoms with E-state index in [9.17, 15) is 4.79 Å². The van der Waals surface area contributed by atoms with Gasteiger partial charge in [-0.3, -0.25) is 4.79 Å². The van der Waals surface area contributed by atoms with Crippen LogP contribution >= 0.6 is 0 Å². The van der Waals surface area contributed by atoms with Crippen LogP contribution in [0.15, 0.2) is 24.3 Å². The smallest absolute Gasteiger partial charge is 0.242 e. The Morgan fingerprint density at radius 1 is 1.42 bits per heavy atom. The molecular formula is C14H20N2O3. The van der Waals surface area contributed by atoms with Crippen molar-refractivity contribution in [2.45, 2.75) is 6.61 Å². The Kier molecular flexibility index (Phi) is 5.18. The minimum Gasteiger partial charge on any atom is -0.380 e. The number of morpholine rings is 1. The average Bonchev–Trinajstić information content (AvgIpc) is 2.46. The number of nitrogens with zero attached hydrogens (tertiary/aromatic N) is 1. The van der Waals surface area contributed by atoms with E-state index in [0.29, 0.717) is 39.5 Å². The van der Waals surface area contributed by atoms with Crippen LogP contribution in [0.4, 0.5) is 5.69 Å². The Labute approximate surface area is 113 Å². The monoisotopic (exact) mass is 264 g/mol. The van der Waals surface area contributed by atoms with Crippen LogP contribution in [0.3, 0.4) is 0 Å². The lowest BCUT2D eigenvalue weighted by Gasteiger charge is -2.27. The molecule has 1 saturated heterocycles. The van der Waals surface area contributed by atoms with Gasteiger partial charge in [-0.2, -0.15) is 0 Å². The van der Waals surface area contributed by atoms with Crippen molar-refractivity contribution in [3.63, 3.8) is 0 Å². The third-order valence-electron chi connectivity index (χ3n) is 3.05. The summed E-state index contributed by atoms with van der Waals surface area (Å²) >= 11 is 0. The number of ether oxygens (including phenoxy) is 2. The summed E-state index contributed by atoms with van der Waals surface area (Å²) in [5.74, 6) is 0.112. The Morgan fingerprint density at radius 2 is 2.21 bits per heavy atom. The van der Waals surface area contributed by atoms with Crippen molar-refractivity contribution >= 4 is 11.6 Å². The van der Waals surface area contributed by atoms with Gasteiger partial charge >= 0.3 is 0 Å². The van der Waals surface area contributed by atoms with Crippen molar-refractivity contribution in [3.05, 3.63) is 29.8 Å². The normalized spacial score (nSPS) is 15.3. The first kappa shape index (κ1) is 13.8. The number of anilines is 1. The van der Waals surface area contributed by atoms with Crippen LogP contribution in [0.25, 0.3) is 0 Å². The second kappa shape index (κ2) is 7.11. The predicted molar refractivity (Wildman–Crippen MR) is 73.0 cm³/mol. The van der Waals surface area contributed by atoms with Gasteiger partial charge in [0, 0.05) is 25.9 Å². The van der Waals surface area contributed by atoms with Crippen LogP contribution in [0.5, 0.6) is 0 Å². The maximum atomic E-state index is 12.0. The average molecular weight is 264 g/mol. The van der Waals surface area contributed by atoms with Gasteiger partial charge in [0.05, 0.1) is 26.4 Å². The number of methoxy groups -OCH3 is 1. The Bertz CT molecular complexity index is 417. The molecule has 1 N–H and O–H groups in total. The van der Waals surface area contributed by atoms with E-state index in [1.165, 1.54) is 0 Å². The van der Waals surface area contributed by atoms with Gasteiger partial charge in [0.25, 0.3) is 0 Å². The van der Waals surface area contributed by atoms with E-state index in [1.54, 1.807) is 7.11 Å². The van der Waals surface area contributed by atoms with E-state index in [4.69, 9.17) is 9.47 Å². The summed E-state index contributed by atoms with van der Waals surface area (Å²) in [6, 6.07) is 7.90. The molecule has 19 heavy (non-hydrogen) atoms. The van der Waals surface area contributed by atoms with Crippen molar-refractivity contribution in [2.24, 2.45) is 0 Å². The van der Waals surface area contributed by atoms with Gasteiger partial charge in [-0.1, -0.05) is 12.1 Å². The third kappa shape index (κ3) is 4.22. The molecule has 0 radical (unpaired) electrons. The second-order valence-corrected chi connectivity index (χ2v) is 4.48. The van der Waals surface area contributed by atoms with Gasteiger partial charge in [-0.05, 0) is 17.7 Å². The van der Waals surface area contributed by atoms with Crippen LogP contribution in [0, 0.1) is 0 Å². The minimum absolute atomic E-state index is 0.112. The summed E-state index contributed by atoms with van der Waals surface area (Å²) in [5, 5.41) is 3.15. The molecule has 0 saturated carbocycles. The first-order chi connectivity index (χ1) is 9.29. The van der Waals surface area contributed by atoms with Crippen molar-refractivity contribution in [2.75, 3.05) is 45.3 Å². The van der Waals surface area contributed by atoms with Gasteiger partial charge < -0.3 is 19.7 Å². The lowest BCUT2D eigenvalue weighted by atomic mass is 10.2. The number of carbonyl (C=O) groups is 1. The van der Waals surface area contributed by atoms with Gasteiger partial charge in [0.1, 0.15) is 0 Å². The molecule has 1 heterocycles. The molecule has 5 nitrogen and oxygen atoms in total. The quantitative estimate of drug-likeness (QED) is 0.865. The van der Waals surface area contributed by atoms with E-state index < -0.39 is 0 Å². The fourth-order valence-corrected chi connectivity index (χ4v) is 2.04. The highest BCUT2D eigenvalue weighted by atomic mass is 16.5. The molecule has 1 aliphatic heterocycles. The number of hydrogen-bond acceptors (Lipinski definition) is 4. The van der Waals surface area contributed by atoms with Crippen LogP contribution in [0.1, 0.15) is 5.56 Å². The van der Waals surface area contributed by atoms with Gasteiger partial charge in [0.15, 0.2) is 0 Å². The first-order valence-corrected chi connectivity index (χ1v) is 6.47. The van der Waals surface area contributed by atoms with E-state index >= 15 is 0 Å². The lowest BCUT2D eigenvalue weighted by molar-refractivity contribution is -0.133. The van der Waals surface area contributed by atoms with Gasteiger partial charge in [-0.25, -0.2) is 0 Å². The molecule has 0 bridgehead atoms. The maximum absolute atomic E-state index is 12.0.